The summed E-state index contributed by atoms with van der Waals surface area (Å²) in [5, 5.41) is 8.76. The van der Waals surface area contributed by atoms with Crippen LogP contribution in [0.1, 0.15) is 0 Å². The summed E-state index contributed by atoms with van der Waals surface area (Å²) in [5.41, 5.74) is 0. The molecule has 4 nitrogen and oxygen atoms in total. The van der Waals surface area contributed by atoms with Gasteiger partial charge in [0.2, 0.25) is 0 Å². The van der Waals surface area contributed by atoms with E-state index in [-0.39, 0.29) is 39.7 Å². The van der Waals surface area contributed by atoms with Crippen molar-refractivity contribution in [2.45, 2.75) is 0 Å². The Balaban J connectivity index is 0.00000121. The Morgan fingerprint density at radius 1 is 1.25 bits per heavy atom. The first-order chi connectivity index (χ1) is 5.00. The number of benzene rings is 1. The van der Waals surface area contributed by atoms with Crippen LogP contribution in [0.3, 0.4) is 0 Å². The summed E-state index contributed by atoms with van der Waals surface area (Å²) >= 11 is -4.99. The van der Waals surface area contributed by atoms with E-state index in [1.165, 1.54) is 12.1 Å². The van der Waals surface area contributed by atoms with E-state index in [4.69, 9.17) is 9.20 Å². The average Bonchev–Trinajstić information content (AvgIpc) is 1.86. The van der Waals surface area contributed by atoms with Crippen LogP contribution in [-0.4, -0.2) is 23.4 Å². The summed E-state index contributed by atoms with van der Waals surface area (Å²) in [6, 6.07) is 4.72. The molecule has 0 fully saturated rings. The van der Waals surface area contributed by atoms with E-state index < -0.39 is 14.2 Å². The number of phenols is 1. The fourth-order valence-corrected chi connectivity index (χ4v) is 1.74. The van der Waals surface area contributed by atoms with Crippen molar-refractivity contribution >= 4 is 18.5 Å². The molecule has 0 heterocycles. The monoisotopic (exact) mass is 240 g/mol. The maximum atomic E-state index is 10.5. The SMILES string of the molecule is O=[As]([O-])(O)c1ccc(O)cc1.[Na+]. The largest absolute Gasteiger partial charge is 1.00 e. The first kappa shape index (κ1) is 12.3. The molecule has 0 saturated carbocycles. The van der Waals surface area contributed by atoms with Crippen molar-refractivity contribution in [3.05, 3.63) is 24.3 Å². The van der Waals surface area contributed by atoms with Gasteiger partial charge in [-0.25, -0.2) is 0 Å². The average molecular weight is 240 g/mol. The number of hydrogen-bond donors (Lipinski definition) is 2. The molecule has 1 aromatic carbocycles. The van der Waals surface area contributed by atoms with Crippen LogP contribution in [0.4, 0.5) is 0 Å². The van der Waals surface area contributed by atoms with Gasteiger partial charge in [-0.3, -0.25) is 0 Å². The first-order valence-electron chi connectivity index (χ1n) is 2.83. The third kappa shape index (κ3) is 3.35. The first-order valence-corrected chi connectivity index (χ1v) is 6.14. The number of aromatic hydroxyl groups is 1. The molecule has 0 radical (unpaired) electrons. The third-order valence-electron chi connectivity index (χ3n) is 1.18. The Morgan fingerprint density at radius 3 is 2.00 bits per heavy atom. The molecule has 1 aromatic rings. The summed E-state index contributed by atoms with van der Waals surface area (Å²) < 4.78 is 29.4. The van der Waals surface area contributed by atoms with Crippen LogP contribution in [0.2, 0.25) is 0 Å². The Hall–Kier alpha value is 0.298. The van der Waals surface area contributed by atoms with Crippen molar-refractivity contribution in [1.29, 1.82) is 0 Å². The van der Waals surface area contributed by atoms with Crippen LogP contribution in [0.15, 0.2) is 24.3 Å². The molecule has 1 rings (SSSR count). The van der Waals surface area contributed by atoms with E-state index >= 15 is 0 Å². The molecule has 12 heavy (non-hydrogen) atoms. The zero-order valence-corrected chi connectivity index (χ0v) is 10.3. The number of hydrogen-bond acceptors (Lipinski definition) is 3. The van der Waals surface area contributed by atoms with Gasteiger partial charge < -0.3 is 0 Å². The summed E-state index contributed by atoms with van der Waals surface area (Å²) in [7, 11) is 0. The fraction of sp³-hybridized carbons (Fsp3) is 0. The number of phenolic OH excluding ortho intramolecular Hbond substituents is 1. The van der Waals surface area contributed by atoms with Gasteiger partial charge >= 0.3 is 95.1 Å². The molecule has 0 spiro atoms. The third-order valence-corrected chi connectivity index (χ3v) is 3.17. The topological polar surface area (TPSA) is 80.6 Å². The van der Waals surface area contributed by atoms with E-state index in [9.17, 15) is 7.84 Å². The second-order valence-corrected chi connectivity index (χ2v) is 5.30. The van der Waals surface area contributed by atoms with Gasteiger partial charge in [0.25, 0.3) is 0 Å². The van der Waals surface area contributed by atoms with Gasteiger partial charge in [0, 0.05) is 0 Å². The molecule has 0 aromatic heterocycles. The maximum absolute atomic E-state index is 10.5. The minimum atomic E-state index is -4.99. The van der Waals surface area contributed by atoms with Gasteiger partial charge in [-0.1, -0.05) is 0 Å². The maximum Gasteiger partial charge on any atom is 1.00 e. The molecule has 0 bridgehead atoms. The quantitative estimate of drug-likeness (QED) is 0.483. The standard InChI is InChI=1S/C6H7AsO4.Na/c8-6-3-1-5(2-4-6)7(9,10)11;/h1-4,8H,(H2,9,10,11);/q;+1/p-1. The van der Waals surface area contributed by atoms with Crippen LogP contribution < -0.4 is 38.0 Å². The van der Waals surface area contributed by atoms with E-state index in [0.29, 0.717) is 0 Å². The van der Waals surface area contributed by atoms with Crippen LogP contribution in [-0.2, 0) is 3.74 Å². The van der Waals surface area contributed by atoms with Crippen molar-refractivity contribution in [3.8, 4) is 5.75 Å². The molecule has 0 saturated heterocycles. The Bertz CT molecular complexity index is 291. The summed E-state index contributed by atoms with van der Waals surface area (Å²) in [6.45, 7) is 0. The van der Waals surface area contributed by atoms with Crippen LogP contribution in [0.5, 0.6) is 5.75 Å². The molecule has 0 aliphatic heterocycles. The van der Waals surface area contributed by atoms with Crippen molar-refractivity contribution in [2.24, 2.45) is 0 Å². The van der Waals surface area contributed by atoms with Gasteiger partial charge in [-0.15, -0.1) is 0 Å². The second-order valence-electron chi connectivity index (χ2n) is 2.04. The van der Waals surface area contributed by atoms with Crippen molar-refractivity contribution < 1.29 is 46.6 Å². The molecule has 6 heteroatoms. The van der Waals surface area contributed by atoms with Crippen LogP contribution >= 0.6 is 0 Å². The predicted molar refractivity (Wildman–Crippen MR) is 36.4 cm³/mol. The summed E-state index contributed by atoms with van der Waals surface area (Å²) in [5.74, 6) is -0.0299. The van der Waals surface area contributed by atoms with Gasteiger partial charge in [-0.05, 0) is 0 Å². The summed E-state index contributed by atoms with van der Waals surface area (Å²) in [6.07, 6.45) is 0. The van der Waals surface area contributed by atoms with Gasteiger partial charge in [-0.2, -0.15) is 0 Å². The molecular weight excluding hydrogens is 234 g/mol. The van der Waals surface area contributed by atoms with Gasteiger partial charge in [0.15, 0.2) is 0 Å². The van der Waals surface area contributed by atoms with Crippen molar-refractivity contribution in [3.63, 3.8) is 0 Å². The second kappa shape index (κ2) is 4.51. The normalized spacial score (nSPS) is 14.5. The molecule has 1 unspecified atom stereocenters. The van der Waals surface area contributed by atoms with E-state index in [1.54, 1.807) is 0 Å². The molecule has 0 amide bonds. The molecule has 1 atom stereocenters. The molecule has 0 aliphatic carbocycles. The van der Waals surface area contributed by atoms with E-state index in [2.05, 4.69) is 0 Å². The number of rotatable bonds is 1. The van der Waals surface area contributed by atoms with Crippen LogP contribution in [0.25, 0.3) is 0 Å². The smallest absolute Gasteiger partial charge is 1.00 e. The minimum Gasteiger partial charge on any atom is 1.00 e. The summed E-state index contributed by atoms with van der Waals surface area (Å²) in [4.78, 5) is 0. The Labute approximate surface area is 94.5 Å². The van der Waals surface area contributed by atoms with Crippen LogP contribution in [0, 0.1) is 0 Å². The minimum absolute atomic E-state index is 0. The van der Waals surface area contributed by atoms with Crippen molar-refractivity contribution in [1.82, 2.24) is 0 Å². The van der Waals surface area contributed by atoms with Gasteiger partial charge in [0.1, 0.15) is 0 Å². The van der Waals surface area contributed by atoms with E-state index in [1.807, 2.05) is 0 Å². The fourth-order valence-electron chi connectivity index (χ4n) is 0.641. The molecule has 0 aliphatic rings. The van der Waals surface area contributed by atoms with Crippen molar-refractivity contribution in [2.75, 3.05) is 0 Å². The zero-order chi connectivity index (χ0) is 8.48. The molecular formula is C6H6AsNaO4. The zero-order valence-electron chi connectivity index (χ0n) is 6.47. The molecule has 2 N–H and O–H groups in total. The van der Waals surface area contributed by atoms with E-state index in [0.717, 1.165) is 12.1 Å². The Kier molecular flexibility index (Phi) is 4.62. The Morgan fingerprint density at radius 2 is 1.67 bits per heavy atom. The molecule has 60 valence electrons. The van der Waals surface area contributed by atoms with Gasteiger partial charge in [0.05, 0.1) is 0 Å². The predicted octanol–water partition coefficient (Wildman–Crippen LogP) is -4.67.